The Morgan fingerprint density at radius 2 is 1.93 bits per heavy atom. The molecule has 0 radical (unpaired) electrons. The molecule has 7 nitrogen and oxygen atoms in total. The number of halogens is 1. The van der Waals surface area contributed by atoms with Gasteiger partial charge >= 0.3 is 0 Å². The summed E-state index contributed by atoms with van der Waals surface area (Å²) in [6.07, 6.45) is 1.80. The molecule has 0 amide bonds. The highest BCUT2D eigenvalue weighted by atomic mass is 79.9. The highest BCUT2D eigenvalue weighted by Crippen LogP contribution is 2.29. The van der Waals surface area contributed by atoms with Gasteiger partial charge in [0, 0.05) is 13.1 Å². The summed E-state index contributed by atoms with van der Waals surface area (Å²) in [4.78, 5) is 2.13. The average Bonchev–Trinajstić information content (AvgIpc) is 3.24. The van der Waals surface area contributed by atoms with E-state index in [0.29, 0.717) is 30.6 Å². The van der Waals surface area contributed by atoms with Gasteiger partial charge in [0.05, 0.1) is 36.1 Å². The maximum absolute atomic E-state index is 9.93. The molecule has 4 rings (SSSR count). The minimum Gasteiger partial charge on any atom is -0.496 e. The van der Waals surface area contributed by atoms with Crippen LogP contribution in [0.25, 0.3) is 17.3 Å². The fourth-order valence-electron chi connectivity index (χ4n) is 3.32. The van der Waals surface area contributed by atoms with E-state index in [1.807, 2.05) is 53.1 Å². The number of anilines is 1. The molecule has 0 spiro atoms. The second-order valence-corrected chi connectivity index (χ2v) is 7.51. The number of methoxy groups -OCH3 is 1. The summed E-state index contributed by atoms with van der Waals surface area (Å²) in [5, 5.41) is 18.8. The Morgan fingerprint density at radius 1 is 1.17 bits per heavy atom. The molecule has 0 aliphatic carbocycles. The van der Waals surface area contributed by atoms with E-state index in [9.17, 15) is 5.26 Å². The Morgan fingerprint density at radius 3 is 2.60 bits per heavy atom. The predicted octanol–water partition coefficient (Wildman–Crippen LogP) is 3.94. The largest absolute Gasteiger partial charge is 0.496 e. The third-order valence-corrected chi connectivity index (χ3v) is 5.42. The van der Waals surface area contributed by atoms with Gasteiger partial charge in [0.15, 0.2) is 5.82 Å². The first-order valence-electron chi connectivity index (χ1n) is 9.50. The van der Waals surface area contributed by atoms with E-state index in [-0.39, 0.29) is 0 Å². The SMILES string of the molecule is COc1ccc(/C=C(/C#N)c2nnc(N3CCOCC3)n2-c2ccccc2)cc1Br. The molecule has 1 fully saturated rings. The smallest absolute Gasteiger partial charge is 0.232 e. The molecule has 3 aromatic rings. The average molecular weight is 466 g/mol. The quantitative estimate of drug-likeness (QED) is 0.531. The van der Waals surface area contributed by atoms with E-state index < -0.39 is 0 Å². The molecule has 2 heterocycles. The molecule has 1 aliphatic heterocycles. The van der Waals surface area contributed by atoms with Gasteiger partial charge in [-0.15, -0.1) is 10.2 Å². The summed E-state index contributed by atoms with van der Waals surface area (Å²) in [7, 11) is 1.62. The lowest BCUT2D eigenvalue weighted by molar-refractivity contribution is 0.122. The monoisotopic (exact) mass is 465 g/mol. The molecule has 1 saturated heterocycles. The van der Waals surface area contributed by atoms with Crippen LogP contribution in [0.4, 0.5) is 5.95 Å². The van der Waals surface area contributed by atoms with Crippen LogP contribution in [0.3, 0.4) is 0 Å². The number of nitriles is 1. The minimum absolute atomic E-state index is 0.419. The molecule has 0 atom stereocenters. The number of hydrogen-bond acceptors (Lipinski definition) is 6. The number of para-hydroxylation sites is 1. The summed E-state index contributed by atoms with van der Waals surface area (Å²) < 4.78 is 13.5. The van der Waals surface area contributed by atoms with Crippen molar-refractivity contribution >= 4 is 33.5 Å². The van der Waals surface area contributed by atoms with Crippen LogP contribution < -0.4 is 9.64 Å². The van der Waals surface area contributed by atoms with Gasteiger partial charge in [0.25, 0.3) is 0 Å². The first kappa shape index (κ1) is 20.1. The summed E-state index contributed by atoms with van der Waals surface area (Å²) in [5.41, 5.74) is 2.17. The zero-order chi connectivity index (χ0) is 20.9. The van der Waals surface area contributed by atoms with Crippen molar-refractivity contribution in [2.75, 3.05) is 38.3 Å². The highest BCUT2D eigenvalue weighted by molar-refractivity contribution is 9.10. The number of hydrogen-bond donors (Lipinski definition) is 0. The Balaban J connectivity index is 1.81. The summed E-state index contributed by atoms with van der Waals surface area (Å²) in [6, 6.07) is 17.8. The summed E-state index contributed by atoms with van der Waals surface area (Å²) >= 11 is 3.49. The fourth-order valence-corrected chi connectivity index (χ4v) is 3.88. The van der Waals surface area contributed by atoms with Gasteiger partial charge in [-0.1, -0.05) is 24.3 Å². The van der Waals surface area contributed by atoms with Gasteiger partial charge in [-0.25, -0.2) is 0 Å². The number of aromatic nitrogens is 3. The second kappa shape index (κ2) is 9.11. The molecule has 2 aromatic carbocycles. The van der Waals surface area contributed by atoms with Crippen molar-refractivity contribution in [2.45, 2.75) is 0 Å². The summed E-state index contributed by atoms with van der Waals surface area (Å²) in [5.74, 6) is 1.93. The zero-order valence-corrected chi connectivity index (χ0v) is 18.0. The third-order valence-electron chi connectivity index (χ3n) is 4.80. The van der Waals surface area contributed by atoms with E-state index in [2.05, 4.69) is 37.1 Å². The van der Waals surface area contributed by atoms with Crippen LogP contribution in [0.1, 0.15) is 11.4 Å². The maximum Gasteiger partial charge on any atom is 0.232 e. The van der Waals surface area contributed by atoms with Crippen molar-refractivity contribution < 1.29 is 9.47 Å². The Bertz CT molecular complexity index is 1100. The molecule has 0 N–H and O–H groups in total. The Hall–Kier alpha value is -3.15. The van der Waals surface area contributed by atoms with Crippen LogP contribution in [-0.2, 0) is 4.74 Å². The van der Waals surface area contributed by atoms with Crippen molar-refractivity contribution in [2.24, 2.45) is 0 Å². The summed E-state index contributed by atoms with van der Waals surface area (Å²) in [6.45, 7) is 2.72. The number of allylic oxidation sites excluding steroid dienone is 1. The van der Waals surface area contributed by atoms with Gasteiger partial charge in [-0.3, -0.25) is 4.57 Å². The van der Waals surface area contributed by atoms with Crippen LogP contribution in [0, 0.1) is 11.3 Å². The molecule has 8 heteroatoms. The molecule has 1 aliphatic rings. The van der Waals surface area contributed by atoms with Gasteiger partial charge in [-0.2, -0.15) is 5.26 Å². The number of ether oxygens (including phenoxy) is 2. The van der Waals surface area contributed by atoms with Gasteiger partial charge in [0.2, 0.25) is 5.95 Å². The molecular weight excluding hydrogens is 446 g/mol. The van der Waals surface area contributed by atoms with Crippen LogP contribution in [0.15, 0.2) is 53.0 Å². The zero-order valence-electron chi connectivity index (χ0n) is 16.5. The normalized spacial score (nSPS) is 14.4. The van der Waals surface area contributed by atoms with Crippen molar-refractivity contribution in [1.29, 1.82) is 5.26 Å². The Kier molecular flexibility index (Phi) is 6.12. The van der Waals surface area contributed by atoms with E-state index in [1.54, 1.807) is 13.2 Å². The van der Waals surface area contributed by atoms with Gasteiger partial charge < -0.3 is 14.4 Å². The second-order valence-electron chi connectivity index (χ2n) is 6.66. The van der Waals surface area contributed by atoms with Crippen LogP contribution >= 0.6 is 15.9 Å². The number of benzene rings is 2. The molecule has 1 aromatic heterocycles. The predicted molar refractivity (Wildman–Crippen MR) is 119 cm³/mol. The first-order chi connectivity index (χ1) is 14.7. The fraction of sp³-hybridized carbons (Fsp3) is 0.227. The van der Waals surface area contributed by atoms with Gasteiger partial charge in [0.1, 0.15) is 11.8 Å². The first-order valence-corrected chi connectivity index (χ1v) is 10.3. The van der Waals surface area contributed by atoms with Crippen molar-refractivity contribution in [3.8, 4) is 17.5 Å². The molecule has 0 unspecified atom stereocenters. The van der Waals surface area contributed by atoms with E-state index in [1.165, 1.54) is 0 Å². The van der Waals surface area contributed by atoms with Crippen LogP contribution in [0.5, 0.6) is 5.75 Å². The molecule has 30 heavy (non-hydrogen) atoms. The van der Waals surface area contributed by atoms with E-state index in [4.69, 9.17) is 9.47 Å². The van der Waals surface area contributed by atoms with Crippen molar-refractivity contribution in [1.82, 2.24) is 14.8 Å². The standard InChI is InChI=1S/C22H20BrN5O2/c1-29-20-8-7-16(14-19(20)23)13-17(15-24)21-25-26-22(27-9-11-30-12-10-27)28(21)18-5-3-2-4-6-18/h2-8,13-14H,9-12H2,1H3/b17-13-. The van der Waals surface area contributed by atoms with E-state index >= 15 is 0 Å². The molecule has 152 valence electrons. The molecular formula is C22H20BrN5O2. The third kappa shape index (κ3) is 4.08. The lowest BCUT2D eigenvalue weighted by Gasteiger charge is -2.28. The lowest BCUT2D eigenvalue weighted by atomic mass is 10.1. The topological polar surface area (TPSA) is 76.2 Å². The van der Waals surface area contributed by atoms with Gasteiger partial charge in [-0.05, 0) is 51.8 Å². The molecule has 0 bridgehead atoms. The number of rotatable bonds is 5. The van der Waals surface area contributed by atoms with Crippen LogP contribution in [-0.4, -0.2) is 48.2 Å². The maximum atomic E-state index is 9.93. The van der Waals surface area contributed by atoms with Crippen molar-refractivity contribution in [3.05, 3.63) is 64.4 Å². The number of morpholine rings is 1. The Labute approximate surface area is 183 Å². The molecule has 0 saturated carbocycles. The van der Waals surface area contributed by atoms with Crippen LogP contribution in [0.2, 0.25) is 0 Å². The number of nitrogens with zero attached hydrogens (tertiary/aromatic N) is 5. The highest BCUT2D eigenvalue weighted by Gasteiger charge is 2.23. The minimum atomic E-state index is 0.419. The lowest BCUT2D eigenvalue weighted by Crippen LogP contribution is -2.38. The van der Waals surface area contributed by atoms with E-state index in [0.717, 1.165) is 34.6 Å². The van der Waals surface area contributed by atoms with Crippen molar-refractivity contribution in [3.63, 3.8) is 0 Å².